The lowest BCUT2D eigenvalue weighted by atomic mass is 10.1. The van der Waals surface area contributed by atoms with Crippen LogP contribution in [-0.2, 0) is 4.79 Å². The van der Waals surface area contributed by atoms with E-state index in [4.69, 9.17) is 4.99 Å². The number of unbranched alkanes of at least 4 members (excludes halogenated alkanes) is 1. The van der Waals surface area contributed by atoms with Crippen LogP contribution in [0.3, 0.4) is 0 Å². The molecule has 1 amide bonds. The normalized spacial score (nSPS) is 15.2. The van der Waals surface area contributed by atoms with Crippen LogP contribution in [0.15, 0.2) is 65.9 Å². The van der Waals surface area contributed by atoms with Crippen LogP contribution in [-0.4, -0.2) is 23.1 Å². The van der Waals surface area contributed by atoms with Gasteiger partial charge in [0.1, 0.15) is 5.71 Å². The van der Waals surface area contributed by atoms with Crippen molar-refractivity contribution in [1.29, 1.82) is 0 Å². The van der Waals surface area contributed by atoms with Crippen molar-refractivity contribution < 1.29 is 4.79 Å². The molecule has 0 saturated heterocycles. The molecule has 0 N–H and O–H groups in total. The minimum atomic E-state index is -0.0132. The molecule has 4 nitrogen and oxygen atoms in total. The fourth-order valence-corrected chi connectivity index (χ4v) is 3.23. The number of carbonyl (C=O) groups is 1. The summed E-state index contributed by atoms with van der Waals surface area (Å²) in [6.45, 7) is 2.86. The van der Waals surface area contributed by atoms with E-state index in [2.05, 4.69) is 11.9 Å². The quantitative estimate of drug-likeness (QED) is 0.707. The second kappa shape index (κ2) is 6.48. The van der Waals surface area contributed by atoms with Gasteiger partial charge >= 0.3 is 0 Å². The molecule has 0 aliphatic carbocycles. The lowest BCUT2D eigenvalue weighted by molar-refractivity contribution is -0.112. The molecular weight excluding hydrogens is 310 g/mol. The number of nitrogens with zero attached hydrogens (tertiary/aromatic N) is 3. The molecule has 1 aromatic heterocycles. The highest BCUT2D eigenvalue weighted by Gasteiger charge is 2.33. The summed E-state index contributed by atoms with van der Waals surface area (Å²) in [7, 11) is 0. The molecule has 2 heterocycles. The summed E-state index contributed by atoms with van der Waals surface area (Å²) in [5.74, 6) is -0.0132. The lowest BCUT2D eigenvalue weighted by Crippen LogP contribution is -2.30. The van der Waals surface area contributed by atoms with Gasteiger partial charge in [-0.05, 0) is 24.6 Å². The third-order valence-electron chi connectivity index (χ3n) is 4.52. The molecule has 1 aliphatic heterocycles. The van der Waals surface area contributed by atoms with Crippen LogP contribution >= 0.6 is 0 Å². The van der Waals surface area contributed by atoms with Gasteiger partial charge in [-0.15, -0.1) is 0 Å². The van der Waals surface area contributed by atoms with Crippen molar-refractivity contribution >= 4 is 33.8 Å². The molecule has 4 heteroatoms. The molecule has 0 saturated carbocycles. The van der Waals surface area contributed by atoms with Crippen LogP contribution < -0.4 is 4.90 Å². The van der Waals surface area contributed by atoms with Gasteiger partial charge in [0.05, 0.1) is 11.4 Å². The van der Waals surface area contributed by atoms with E-state index in [1.165, 1.54) is 0 Å². The molecule has 1 aliphatic rings. The standard InChI is InChI=1S/C21H19N3O/c1-2-3-13-24-19-10-5-4-8-17(19)20(21(24)25)23-18-9-6-7-15-14-22-12-11-16(15)18/h4-12,14H,2-3,13H2,1H3. The largest absolute Gasteiger partial charge is 0.306 e. The zero-order valence-electron chi connectivity index (χ0n) is 14.1. The van der Waals surface area contributed by atoms with Crippen LogP contribution in [0.4, 0.5) is 11.4 Å². The number of hydrogen-bond donors (Lipinski definition) is 0. The number of pyridine rings is 1. The molecule has 0 bridgehead atoms. The summed E-state index contributed by atoms with van der Waals surface area (Å²) in [5.41, 5.74) is 3.20. The summed E-state index contributed by atoms with van der Waals surface area (Å²) >= 11 is 0. The van der Waals surface area contributed by atoms with Gasteiger partial charge in [0, 0.05) is 35.3 Å². The zero-order valence-corrected chi connectivity index (χ0v) is 14.1. The van der Waals surface area contributed by atoms with Crippen molar-refractivity contribution in [3.05, 3.63) is 66.5 Å². The SMILES string of the molecule is CCCCN1C(=O)C(=Nc2cccc3cnccc23)c2ccccc21. The number of aromatic nitrogens is 1. The first-order chi connectivity index (χ1) is 12.3. The van der Waals surface area contributed by atoms with Crippen molar-refractivity contribution in [2.75, 3.05) is 11.4 Å². The van der Waals surface area contributed by atoms with E-state index in [1.54, 1.807) is 6.20 Å². The number of aliphatic imine (C=N–C) groups is 1. The molecule has 0 radical (unpaired) electrons. The molecule has 25 heavy (non-hydrogen) atoms. The van der Waals surface area contributed by atoms with Crippen LogP contribution in [0, 0.1) is 0 Å². The molecule has 0 atom stereocenters. The van der Waals surface area contributed by atoms with Crippen LogP contribution in [0.2, 0.25) is 0 Å². The Labute approximate surface area is 146 Å². The molecule has 0 fully saturated rings. The maximum absolute atomic E-state index is 13.0. The maximum Gasteiger partial charge on any atom is 0.277 e. The maximum atomic E-state index is 13.0. The summed E-state index contributed by atoms with van der Waals surface area (Å²) in [5, 5.41) is 2.02. The van der Waals surface area contributed by atoms with Crippen LogP contribution in [0.25, 0.3) is 10.8 Å². The zero-order chi connectivity index (χ0) is 17.2. The fourth-order valence-electron chi connectivity index (χ4n) is 3.23. The van der Waals surface area contributed by atoms with E-state index in [0.29, 0.717) is 5.71 Å². The number of amides is 1. The molecule has 3 aromatic rings. The monoisotopic (exact) mass is 329 g/mol. The molecule has 0 unspecified atom stereocenters. The minimum Gasteiger partial charge on any atom is -0.306 e. The number of anilines is 1. The molecule has 0 spiro atoms. The third-order valence-corrected chi connectivity index (χ3v) is 4.52. The summed E-state index contributed by atoms with van der Waals surface area (Å²) < 4.78 is 0. The Kier molecular flexibility index (Phi) is 4.02. The van der Waals surface area contributed by atoms with E-state index >= 15 is 0 Å². The Balaban J connectivity index is 1.84. The predicted octanol–water partition coefficient (Wildman–Crippen LogP) is 4.50. The van der Waals surface area contributed by atoms with Gasteiger partial charge in [-0.25, -0.2) is 4.99 Å². The fraction of sp³-hybridized carbons (Fsp3) is 0.190. The van der Waals surface area contributed by atoms with E-state index in [1.807, 2.05) is 59.6 Å². The highest BCUT2D eigenvalue weighted by atomic mass is 16.2. The van der Waals surface area contributed by atoms with Gasteiger partial charge in [-0.3, -0.25) is 9.78 Å². The van der Waals surface area contributed by atoms with Gasteiger partial charge in [0.25, 0.3) is 5.91 Å². The number of hydrogen-bond acceptors (Lipinski definition) is 3. The lowest BCUT2D eigenvalue weighted by Gasteiger charge is -2.15. The summed E-state index contributed by atoms with van der Waals surface area (Å²) in [6, 6.07) is 15.7. The number of carbonyl (C=O) groups excluding carboxylic acids is 1. The Morgan fingerprint density at radius 1 is 1.08 bits per heavy atom. The van der Waals surface area contributed by atoms with E-state index in [0.717, 1.165) is 47.1 Å². The van der Waals surface area contributed by atoms with E-state index in [-0.39, 0.29) is 5.91 Å². The Morgan fingerprint density at radius 3 is 2.84 bits per heavy atom. The number of fused-ring (bicyclic) bond motifs is 2. The van der Waals surface area contributed by atoms with E-state index < -0.39 is 0 Å². The number of para-hydroxylation sites is 1. The van der Waals surface area contributed by atoms with Gasteiger partial charge in [0.15, 0.2) is 0 Å². The van der Waals surface area contributed by atoms with Gasteiger partial charge in [0.2, 0.25) is 0 Å². The highest BCUT2D eigenvalue weighted by Crippen LogP contribution is 2.32. The Bertz CT molecular complexity index is 972. The number of benzene rings is 2. The van der Waals surface area contributed by atoms with Crippen LogP contribution in [0.5, 0.6) is 0 Å². The first-order valence-electron chi connectivity index (χ1n) is 8.62. The minimum absolute atomic E-state index is 0.0132. The second-order valence-electron chi connectivity index (χ2n) is 6.16. The summed E-state index contributed by atoms with van der Waals surface area (Å²) in [6.07, 6.45) is 5.60. The molecule has 4 rings (SSSR count). The average molecular weight is 329 g/mol. The number of rotatable bonds is 4. The van der Waals surface area contributed by atoms with Crippen molar-refractivity contribution in [1.82, 2.24) is 4.98 Å². The van der Waals surface area contributed by atoms with Crippen molar-refractivity contribution in [2.45, 2.75) is 19.8 Å². The van der Waals surface area contributed by atoms with Gasteiger partial charge < -0.3 is 4.90 Å². The first kappa shape index (κ1) is 15.5. The van der Waals surface area contributed by atoms with Crippen molar-refractivity contribution in [2.24, 2.45) is 4.99 Å². The van der Waals surface area contributed by atoms with Gasteiger partial charge in [-0.1, -0.05) is 43.7 Å². The first-order valence-corrected chi connectivity index (χ1v) is 8.62. The van der Waals surface area contributed by atoms with Crippen molar-refractivity contribution in [3.8, 4) is 0 Å². The van der Waals surface area contributed by atoms with Crippen molar-refractivity contribution in [3.63, 3.8) is 0 Å². The average Bonchev–Trinajstić information content (AvgIpc) is 2.92. The third kappa shape index (κ3) is 2.70. The second-order valence-corrected chi connectivity index (χ2v) is 6.16. The smallest absolute Gasteiger partial charge is 0.277 e. The predicted molar refractivity (Wildman–Crippen MR) is 102 cm³/mol. The highest BCUT2D eigenvalue weighted by molar-refractivity contribution is 6.54. The molecule has 124 valence electrons. The topological polar surface area (TPSA) is 45.6 Å². The Morgan fingerprint density at radius 2 is 1.96 bits per heavy atom. The van der Waals surface area contributed by atoms with Crippen LogP contribution in [0.1, 0.15) is 25.3 Å². The van der Waals surface area contributed by atoms with Gasteiger partial charge in [-0.2, -0.15) is 0 Å². The molecule has 2 aromatic carbocycles. The molecular formula is C21H19N3O. The summed E-state index contributed by atoms with van der Waals surface area (Å²) in [4.78, 5) is 23.8. The Hall–Kier alpha value is -3.01. The van der Waals surface area contributed by atoms with E-state index in [9.17, 15) is 4.79 Å².